The van der Waals surface area contributed by atoms with Gasteiger partial charge >= 0.3 is 0 Å². The lowest BCUT2D eigenvalue weighted by Gasteiger charge is -2.41. The summed E-state index contributed by atoms with van der Waals surface area (Å²) in [5.41, 5.74) is 3.54. The Kier molecular flexibility index (Phi) is 6.79. The molecule has 2 unspecified atom stereocenters. The van der Waals surface area contributed by atoms with Gasteiger partial charge in [-0.05, 0) is 78.5 Å². The largest absolute Gasteiger partial charge is 0.508 e. The van der Waals surface area contributed by atoms with Crippen LogP contribution in [0.5, 0.6) is 11.5 Å². The Morgan fingerprint density at radius 2 is 1.74 bits per heavy atom. The van der Waals surface area contributed by atoms with Crippen molar-refractivity contribution in [2.45, 2.75) is 50.4 Å². The molecule has 2 aromatic carbocycles. The highest BCUT2D eigenvalue weighted by molar-refractivity contribution is 5.45. The molecule has 0 amide bonds. The molecule has 5 rings (SSSR count). The molecule has 2 fully saturated rings. The number of hydrogen-bond donors (Lipinski definition) is 1. The van der Waals surface area contributed by atoms with Crippen LogP contribution in [0.15, 0.2) is 42.5 Å². The quantitative estimate of drug-likeness (QED) is 0.520. The number of ether oxygens (including phenoxy) is 1. The Hall–Kier alpha value is -2.21. The normalized spacial score (nSPS) is 25.5. The van der Waals surface area contributed by atoms with Crippen LogP contribution in [0.25, 0.3) is 0 Å². The van der Waals surface area contributed by atoms with E-state index in [-0.39, 0.29) is 43.0 Å². The number of halogens is 3. The maximum absolute atomic E-state index is 13.8. The smallest absolute Gasteiger partial charge is 0.248 e. The third kappa shape index (κ3) is 5.07. The summed E-state index contributed by atoms with van der Waals surface area (Å²) in [5, 5.41) is 10.0. The monoisotopic (exact) mass is 473 g/mol. The van der Waals surface area contributed by atoms with Gasteiger partial charge in [-0.1, -0.05) is 18.2 Å². The van der Waals surface area contributed by atoms with E-state index in [2.05, 4.69) is 17.0 Å². The third-order valence-electron chi connectivity index (χ3n) is 8.17. The summed E-state index contributed by atoms with van der Waals surface area (Å²) >= 11 is 0. The van der Waals surface area contributed by atoms with Crippen LogP contribution in [0, 0.1) is 17.8 Å². The zero-order valence-corrected chi connectivity index (χ0v) is 19.6. The van der Waals surface area contributed by atoms with Crippen molar-refractivity contribution in [3.63, 3.8) is 0 Å². The van der Waals surface area contributed by atoms with Gasteiger partial charge in [-0.25, -0.2) is 8.78 Å². The van der Waals surface area contributed by atoms with E-state index in [1.165, 1.54) is 11.1 Å². The van der Waals surface area contributed by atoms with Crippen molar-refractivity contribution in [2.75, 3.05) is 32.9 Å². The number of hydrogen-bond acceptors (Lipinski definition) is 3. The van der Waals surface area contributed by atoms with Gasteiger partial charge in [0.15, 0.2) is 0 Å². The molecule has 6 heteroatoms. The topological polar surface area (TPSA) is 32.7 Å². The molecule has 1 N–H and O–H groups in total. The Morgan fingerprint density at radius 1 is 1.00 bits per heavy atom. The van der Waals surface area contributed by atoms with Gasteiger partial charge < -0.3 is 9.84 Å². The predicted octanol–water partition coefficient (Wildman–Crippen LogP) is 6.19. The number of likely N-dealkylation sites (tertiary alicyclic amines) is 1. The van der Waals surface area contributed by atoms with Crippen molar-refractivity contribution in [1.82, 2.24) is 4.90 Å². The zero-order valence-electron chi connectivity index (χ0n) is 19.6. The average Bonchev–Trinajstić information content (AvgIpc) is 2.80. The average molecular weight is 474 g/mol. The molecule has 0 bridgehead atoms. The molecule has 0 radical (unpaired) electrons. The molecule has 1 saturated carbocycles. The number of alkyl halides is 3. The number of nitrogens with zero attached hydrogens (tertiary/aromatic N) is 1. The van der Waals surface area contributed by atoms with Crippen LogP contribution < -0.4 is 4.74 Å². The van der Waals surface area contributed by atoms with Crippen molar-refractivity contribution < 1.29 is 23.0 Å². The van der Waals surface area contributed by atoms with Crippen LogP contribution in [0.1, 0.15) is 54.7 Å². The van der Waals surface area contributed by atoms with Crippen LogP contribution in [0.3, 0.4) is 0 Å². The highest BCUT2D eigenvalue weighted by atomic mass is 19.3. The predicted molar refractivity (Wildman–Crippen MR) is 127 cm³/mol. The second-order valence-electron chi connectivity index (χ2n) is 10.5. The van der Waals surface area contributed by atoms with Gasteiger partial charge in [-0.2, -0.15) is 0 Å². The number of phenolic OH excluding ortho intramolecular Hbond substituents is 1. The van der Waals surface area contributed by atoms with E-state index in [0.717, 1.165) is 43.8 Å². The Labute approximate surface area is 199 Å². The Balaban J connectivity index is 1.30. The van der Waals surface area contributed by atoms with Crippen LogP contribution >= 0.6 is 0 Å². The Bertz CT molecular complexity index is 964. The lowest BCUT2D eigenvalue weighted by Crippen LogP contribution is -2.49. The summed E-state index contributed by atoms with van der Waals surface area (Å²) in [4.78, 5) is 2.20. The second-order valence-corrected chi connectivity index (χ2v) is 10.5. The number of fused-ring (bicyclic) bond motifs is 1. The summed E-state index contributed by atoms with van der Waals surface area (Å²) in [7, 11) is 0. The lowest BCUT2D eigenvalue weighted by molar-refractivity contribution is -0.0539. The molecule has 2 aliphatic carbocycles. The fourth-order valence-corrected chi connectivity index (χ4v) is 6.28. The fraction of sp³-hybridized carbons (Fsp3) is 0.571. The molecule has 0 aromatic heterocycles. The molecule has 34 heavy (non-hydrogen) atoms. The van der Waals surface area contributed by atoms with Crippen molar-refractivity contribution in [3.8, 4) is 11.5 Å². The van der Waals surface area contributed by atoms with Crippen molar-refractivity contribution in [1.29, 1.82) is 0 Å². The van der Waals surface area contributed by atoms with E-state index in [9.17, 15) is 18.3 Å². The standard InChI is InChI=1S/C28H34F3NO2/c29-16-19-17-32(18-19)13-14-34-24-5-1-21(2-6-24)27-25(20-9-11-28(30,31)12-10-20)7-3-22-15-23(33)4-8-26(22)27/h1-2,4-6,8,15,19-20,25,27,33H,3,7,9-14,16-18H2. The number of rotatable bonds is 7. The molecule has 2 aromatic rings. The van der Waals surface area contributed by atoms with Crippen LogP contribution in [-0.4, -0.2) is 48.8 Å². The number of benzene rings is 2. The molecule has 3 nitrogen and oxygen atoms in total. The van der Waals surface area contributed by atoms with E-state index in [1.54, 1.807) is 6.07 Å². The molecule has 1 aliphatic heterocycles. The maximum Gasteiger partial charge on any atom is 0.248 e. The van der Waals surface area contributed by atoms with Crippen molar-refractivity contribution in [2.24, 2.45) is 17.8 Å². The second kappa shape index (κ2) is 9.80. The summed E-state index contributed by atoms with van der Waals surface area (Å²) in [6.45, 7) is 2.75. The summed E-state index contributed by atoms with van der Waals surface area (Å²) in [6, 6.07) is 13.8. The highest BCUT2D eigenvalue weighted by Gasteiger charge is 2.42. The van der Waals surface area contributed by atoms with Gasteiger partial charge in [0.1, 0.15) is 18.1 Å². The van der Waals surface area contributed by atoms with E-state index in [0.29, 0.717) is 25.4 Å². The molecular weight excluding hydrogens is 439 g/mol. The van der Waals surface area contributed by atoms with Gasteiger partial charge in [0.05, 0.1) is 6.67 Å². The number of phenols is 1. The minimum absolute atomic E-state index is 0.0147. The summed E-state index contributed by atoms with van der Waals surface area (Å²) in [5.74, 6) is -0.524. The van der Waals surface area contributed by atoms with Gasteiger partial charge in [-0.3, -0.25) is 9.29 Å². The van der Waals surface area contributed by atoms with Gasteiger partial charge in [0, 0.05) is 44.3 Å². The van der Waals surface area contributed by atoms with Gasteiger partial charge in [-0.15, -0.1) is 0 Å². The minimum Gasteiger partial charge on any atom is -0.508 e. The molecule has 0 spiro atoms. The first-order chi connectivity index (χ1) is 16.4. The molecule has 1 saturated heterocycles. The SMILES string of the molecule is Oc1ccc2c(c1)CCC(C1CCC(F)(F)CC1)C2c1ccc(OCCN2CC(CF)C2)cc1. The maximum atomic E-state index is 13.8. The van der Waals surface area contributed by atoms with Gasteiger partial charge in [0.2, 0.25) is 5.92 Å². The molecule has 3 aliphatic rings. The van der Waals surface area contributed by atoms with Crippen molar-refractivity contribution >= 4 is 0 Å². The molecule has 1 heterocycles. The van der Waals surface area contributed by atoms with Crippen LogP contribution in [-0.2, 0) is 6.42 Å². The van der Waals surface area contributed by atoms with E-state index < -0.39 is 5.92 Å². The summed E-state index contributed by atoms with van der Waals surface area (Å²) in [6.07, 6.45) is 2.94. The summed E-state index contributed by atoms with van der Waals surface area (Å²) < 4.78 is 46.2. The molecule has 2 atom stereocenters. The third-order valence-corrected chi connectivity index (χ3v) is 8.17. The first kappa shape index (κ1) is 23.5. The molecule has 184 valence electrons. The van der Waals surface area contributed by atoms with E-state index in [1.807, 2.05) is 24.3 Å². The Morgan fingerprint density at radius 3 is 2.44 bits per heavy atom. The van der Waals surface area contributed by atoms with E-state index in [4.69, 9.17) is 4.74 Å². The minimum atomic E-state index is -2.52. The number of aryl methyl sites for hydroxylation is 1. The van der Waals surface area contributed by atoms with Crippen LogP contribution in [0.4, 0.5) is 13.2 Å². The first-order valence-electron chi connectivity index (χ1n) is 12.6. The lowest BCUT2D eigenvalue weighted by atomic mass is 9.64. The zero-order chi connectivity index (χ0) is 23.7. The fourth-order valence-electron chi connectivity index (χ4n) is 6.28. The molecular formula is C28H34F3NO2. The highest BCUT2D eigenvalue weighted by Crippen LogP contribution is 2.50. The number of aromatic hydroxyl groups is 1. The van der Waals surface area contributed by atoms with Gasteiger partial charge in [0.25, 0.3) is 0 Å². The van der Waals surface area contributed by atoms with E-state index >= 15 is 0 Å². The first-order valence-corrected chi connectivity index (χ1v) is 12.6. The van der Waals surface area contributed by atoms with Crippen molar-refractivity contribution in [3.05, 3.63) is 59.2 Å². The van der Waals surface area contributed by atoms with Crippen LogP contribution in [0.2, 0.25) is 0 Å².